The highest BCUT2D eigenvalue weighted by Crippen LogP contribution is 2.31. The highest BCUT2D eigenvalue weighted by molar-refractivity contribution is 5.85. The lowest BCUT2D eigenvalue weighted by atomic mass is 9.96. The number of nitrogens with one attached hydrogen (secondary N) is 2. The van der Waals surface area contributed by atoms with Crippen molar-refractivity contribution in [3.63, 3.8) is 0 Å². The molecule has 3 aromatic rings. The number of fused-ring (bicyclic) bond motifs is 2. The molecule has 4 heterocycles. The van der Waals surface area contributed by atoms with Gasteiger partial charge in [0.15, 0.2) is 0 Å². The fourth-order valence-electron chi connectivity index (χ4n) is 3.65. The second-order valence-electron chi connectivity index (χ2n) is 6.39. The standard InChI is InChI=1S/C18H18N4/c1-2-13(6-17-12(1)3-4-20-17)14-5-16(9-19-7-14)22-10-15-8-21-18(15)11-22/h1-7,9,15,18,20-21H,8,10-11H2/t15-,18-/m1/s1. The molecule has 2 aromatic heterocycles. The Bertz CT molecular complexity index is 826. The molecule has 0 radical (unpaired) electrons. The Hall–Kier alpha value is -2.33. The van der Waals surface area contributed by atoms with Crippen molar-refractivity contribution in [1.82, 2.24) is 15.3 Å². The predicted octanol–water partition coefficient (Wildman–Crippen LogP) is 2.64. The van der Waals surface area contributed by atoms with Gasteiger partial charge in [0.2, 0.25) is 0 Å². The Morgan fingerprint density at radius 3 is 2.86 bits per heavy atom. The third kappa shape index (κ3) is 1.84. The minimum atomic E-state index is 0.680. The van der Waals surface area contributed by atoms with Crippen molar-refractivity contribution in [2.45, 2.75) is 6.04 Å². The summed E-state index contributed by atoms with van der Waals surface area (Å²) >= 11 is 0. The average Bonchev–Trinajstić information content (AvgIpc) is 3.12. The van der Waals surface area contributed by atoms with Crippen molar-refractivity contribution in [3.8, 4) is 11.1 Å². The molecule has 5 rings (SSSR count). The van der Waals surface area contributed by atoms with Crippen LogP contribution in [0, 0.1) is 5.92 Å². The zero-order valence-corrected chi connectivity index (χ0v) is 12.3. The predicted molar refractivity (Wildman–Crippen MR) is 89.0 cm³/mol. The van der Waals surface area contributed by atoms with E-state index in [1.165, 1.54) is 27.7 Å². The van der Waals surface area contributed by atoms with E-state index in [4.69, 9.17) is 0 Å². The molecule has 2 saturated heterocycles. The first-order valence-electron chi connectivity index (χ1n) is 7.88. The minimum Gasteiger partial charge on any atom is -0.368 e. The summed E-state index contributed by atoms with van der Waals surface area (Å²) in [5.74, 6) is 0.818. The van der Waals surface area contributed by atoms with E-state index in [2.05, 4.69) is 50.5 Å². The van der Waals surface area contributed by atoms with Gasteiger partial charge in [-0.2, -0.15) is 0 Å². The fourth-order valence-corrected chi connectivity index (χ4v) is 3.65. The maximum absolute atomic E-state index is 4.47. The van der Waals surface area contributed by atoms with Crippen molar-refractivity contribution in [1.29, 1.82) is 0 Å². The number of hydrogen-bond acceptors (Lipinski definition) is 3. The Kier molecular flexibility index (Phi) is 2.55. The number of H-pyrrole nitrogens is 1. The molecule has 0 spiro atoms. The smallest absolute Gasteiger partial charge is 0.0559 e. The van der Waals surface area contributed by atoms with Gasteiger partial charge in [0.1, 0.15) is 0 Å². The highest BCUT2D eigenvalue weighted by atomic mass is 15.2. The van der Waals surface area contributed by atoms with Crippen molar-refractivity contribution in [3.05, 3.63) is 48.9 Å². The van der Waals surface area contributed by atoms with E-state index in [0.29, 0.717) is 6.04 Å². The van der Waals surface area contributed by atoms with Gasteiger partial charge in [-0.25, -0.2) is 0 Å². The molecule has 0 aliphatic carbocycles. The van der Waals surface area contributed by atoms with E-state index < -0.39 is 0 Å². The van der Waals surface area contributed by atoms with Gasteiger partial charge in [-0.15, -0.1) is 0 Å². The molecule has 2 aliphatic rings. The maximum Gasteiger partial charge on any atom is 0.0559 e. The summed E-state index contributed by atoms with van der Waals surface area (Å²) in [6.45, 7) is 3.42. The molecule has 2 aliphatic heterocycles. The lowest BCUT2D eigenvalue weighted by Crippen LogP contribution is -2.51. The first-order valence-corrected chi connectivity index (χ1v) is 7.88. The van der Waals surface area contributed by atoms with Gasteiger partial charge >= 0.3 is 0 Å². The van der Waals surface area contributed by atoms with E-state index in [9.17, 15) is 0 Å². The number of aromatic amines is 1. The zero-order valence-electron chi connectivity index (χ0n) is 12.3. The molecule has 0 bridgehead atoms. The first-order chi connectivity index (χ1) is 10.9. The Morgan fingerprint density at radius 2 is 2.05 bits per heavy atom. The Morgan fingerprint density at radius 1 is 1.05 bits per heavy atom. The number of hydrogen-bond donors (Lipinski definition) is 2. The largest absolute Gasteiger partial charge is 0.368 e. The number of pyridine rings is 1. The maximum atomic E-state index is 4.47. The van der Waals surface area contributed by atoms with Crippen LogP contribution in [0.25, 0.3) is 22.0 Å². The monoisotopic (exact) mass is 290 g/mol. The molecule has 110 valence electrons. The van der Waals surface area contributed by atoms with Crippen LogP contribution in [0.15, 0.2) is 48.9 Å². The highest BCUT2D eigenvalue weighted by Gasteiger charge is 2.39. The molecular weight excluding hydrogens is 272 g/mol. The van der Waals surface area contributed by atoms with Gasteiger partial charge in [0.25, 0.3) is 0 Å². The van der Waals surface area contributed by atoms with Crippen LogP contribution in [0.3, 0.4) is 0 Å². The molecule has 4 nitrogen and oxygen atoms in total. The third-order valence-electron chi connectivity index (χ3n) is 5.06. The zero-order chi connectivity index (χ0) is 14.5. The summed E-state index contributed by atoms with van der Waals surface area (Å²) in [7, 11) is 0. The third-order valence-corrected chi connectivity index (χ3v) is 5.06. The number of rotatable bonds is 2. The van der Waals surface area contributed by atoms with Gasteiger partial charge in [0.05, 0.1) is 11.9 Å². The summed E-state index contributed by atoms with van der Waals surface area (Å²) in [4.78, 5) is 10.2. The summed E-state index contributed by atoms with van der Waals surface area (Å²) in [5.41, 5.74) is 4.80. The molecule has 2 fully saturated rings. The van der Waals surface area contributed by atoms with Crippen LogP contribution < -0.4 is 10.2 Å². The molecule has 22 heavy (non-hydrogen) atoms. The van der Waals surface area contributed by atoms with Crippen LogP contribution in [0.2, 0.25) is 0 Å². The van der Waals surface area contributed by atoms with Gasteiger partial charge < -0.3 is 15.2 Å². The molecule has 2 N–H and O–H groups in total. The number of benzene rings is 1. The molecule has 0 saturated carbocycles. The quantitative estimate of drug-likeness (QED) is 0.762. The van der Waals surface area contributed by atoms with Crippen molar-refractivity contribution in [2.75, 3.05) is 24.5 Å². The van der Waals surface area contributed by atoms with E-state index in [1.54, 1.807) is 0 Å². The van der Waals surface area contributed by atoms with Gasteiger partial charge in [-0.05, 0) is 29.1 Å². The molecule has 0 amide bonds. The lowest BCUT2D eigenvalue weighted by Gasteiger charge is -2.29. The first kappa shape index (κ1) is 12.2. The van der Waals surface area contributed by atoms with E-state index in [1.807, 2.05) is 18.6 Å². The van der Waals surface area contributed by atoms with Gasteiger partial charge in [-0.3, -0.25) is 4.98 Å². The fraction of sp³-hybridized carbons (Fsp3) is 0.278. The van der Waals surface area contributed by atoms with E-state index in [0.717, 1.165) is 25.6 Å². The van der Waals surface area contributed by atoms with Crippen LogP contribution >= 0.6 is 0 Å². The number of aromatic nitrogens is 2. The second-order valence-corrected chi connectivity index (χ2v) is 6.39. The van der Waals surface area contributed by atoms with Crippen LogP contribution in [0.5, 0.6) is 0 Å². The summed E-state index contributed by atoms with van der Waals surface area (Å²) < 4.78 is 0. The lowest BCUT2D eigenvalue weighted by molar-refractivity contribution is 0.297. The van der Waals surface area contributed by atoms with E-state index in [-0.39, 0.29) is 0 Å². The SMILES string of the molecule is c1cc2ccc(-c3cncc(N4C[C@H]5CN[C@@H]5C4)c3)cc2[nH]1. The normalized spacial score (nSPS) is 23.5. The summed E-state index contributed by atoms with van der Waals surface area (Å²) in [5, 5.41) is 4.75. The Labute approximate surface area is 129 Å². The molecule has 4 heteroatoms. The van der Waals surface area contributed by atoms with Crippen LogP contribution in [0.4, 0.5) is 5.69 Å². The van der Waals surface area contributed by atoms with E-state index >= 15 is 0 Å². The Balaban J connectivity index is 1.50. The summed E-state index contributed by atoms with van der Waals surface area (Å²) in [6.07, 6.45) is 5.92. The minimum absolute atomic E-state index is 0.680. The van der Waals surface area contributed by atoms with Crippen molar-refractivity contribution < 1.29 is 0 Å². The average molecular weight is 290 g/mol. The van der Waals surface area contributed by atoms with Crippen LogP contribution in [0.1, 0.15) is 0 Å². The molecular formula is C18H18N4. The van der Waals surface area contributed by atoms with Crippen molar-refractivity contribution in [2.24, 2.45) is 5.92 Å². The second kappa shape index (κ2) is 4.58. The van der Waals surface area contributed by atoms with Crippen molar-refractivity contribution >= 4 is 16.6 Å². The molecule has 1 aromatic carbocycles. The number of nitrogens with zero attached hydrogens (tertiary/aromatic N) is 2. The summed E-state index contributed by atoms with van der Waals surface area (Å²) in [6, 6.07) is 11.6. The van der Waals surface area contributed by atoms with Crippen LogP contribution in [-0.2, 0) is 0 Å². The molecule has 0 unspecified atom stereocenters. The van der Waals surface area contributed by atoms with Gasteiger partial charge in [0, 0.05) is 55.1 Å². The van der Waals surface area contributed by atoms with Crippen LogP contribution in [-0.4, -0.2) is 35.6 Å². The molecule has 2 atom stereocenters. The number of anilines is 1. The van der Waals surface area contributed by atoms with Gasteiger partial charge in [-0.1, -0.05) is 12.1 Å². The topological polar surface area (TPSA) is 44.0 Å².